The summed E-state index contributed by atoms with van der Waals surface area (Å²) in [7, 11) is 1.71. The van der Waals surface area contributed by atoms with Gasteiger partial charge in [0.2, 0.25) is 5.56 Å². The number of nitrogens with zero attached hydrogens (tertiary/aromatic N) is 2. The van der Waals surface area contributed by atoms with Gasteiger partial charge in [-0.3, -0.25) is 4.79 Å². The average Bonchev–Trinajstić information content (AvgIpc) is 3.14. The van der Waals surface area contributed by atoms with Gasteiger partial charge in [0.05, 0.1) is 12.3 Å². The molecule has 1 atom stereocenters. The van der Waals surface area contributed by atoms with Crippen molar-refractivity contribution in [2.45, 2.75) is 38.9 Å². The fourth-order valence-electron chi connectivity index (χ4n) is 2.94. The molecule has 160 valence electrons. The number of aromatic nitrogens is 1. The smallest absolute Gasteiger partial charge is 0.407 e. The second kappa shape index (κ2) is 9.02. The number of pyridine rings is 1. The zero-order chi connectivity index (χ0) is 21.7. The van der Waals surface area contributed by atoms with E-state index in [0.717, 1.165) is 16.8 Å². The number of para-hydroxylation sites is 1. The molecule has 0 fully saturated rings. The van der Waals surface area contributed by atoms with Crippen molar-refractivity contribution < 1.29 is 19.1 Å². The molecule has 2 aromatic rings. The summed E-state index contributed by atoms with van der Waals surface area (Å²) in [6.07, 6.45) is 1.60. The van der Waals surface area contributed by atoms with Crippen molar-refractivity contribution >= 4 is 11.8 Å². The molecule has 1 aliphatic rings. The van der Waals surface area contributed by atoms with Crippen LogP contribution in [0.1, 0.15) is 27.2 Å². The maximum Gasteiger partial charge on any atom is 0.407 e. The zero-order valence-electron chi connectivity index (χ0n) is 17.7. The maximum atomic E-state index is 11.7. The number of oxime groups is 1. The average molecular weight is 413 g/mol. The first kappa shape index (κ1) is 21.4. The fraction of sp³-hybridized carbons (Fsp3) is 0.409. The standard InChI is InChI=1S/C22H27N3O5/c1-22(2,3)29-21(27)23-12-16-11-17(30-24-16)14-28-19-8-6-5-7-18(19)15-9-10-20(26)25(4)13-15/h5-10,13,17H,11-12,14H2,1-4H3,(H,23,27). The molecule has 8 heteroatoms. The highest BCUT2D eigenvalue weighted by atomic mass is 16.7. The number of hydrogen-bond donors (Lipinski definition) is 1. The number of carbonyl (C=O) groups is 1. The summed E-state index contributed by atoms with van der Waals surface area (Å²) in [6.45, 7) is 6.00. The van der Waals surface area contributed by atoms with Crippen molar-refractivity contribution in [2.75, 3.05) is 13.2 Å². The van der Waals surface area contributed by atoms with Gasteiger partial charge in [-0.15, -0.1) is 0 Å². The minimum atomic E-state index is -0.549. The van der Waals surface area contributed by atoms with Crippen molar-refractivity contribution in [3.05, 3.63) is 52.9 Å². The number of hydrogen-bond acceptors (Lipinski definition) is 6. The minimum absolute atomic E-state index is 0.0684. The largest absolute Gasteiger partial charge is 0.489 e. The number of rotatable bonds is 6. The second-order valence-corrected chi connectivity index (χ2v) is 8.12. The molecule has 1 aliphatic heterocycles. The number of alkyl carbamates (subject to hydrolysis) is 1. The molecule has 0 radical (unpaired) electrons. The summed E-state index contributed by atoms with van der Waals surface area (Å²) in [6, 6.07) is 10.9. The third kappa shape index (κ3) is 5.85. The summed E-state index contributed by atoms with van der Waals surface area (Å²) < 4.78 is 12.7. The molecule has 0 aliphatic carbocycles. The molecule has 2 heterocycles. The molecular weight excluding hydrogens is 386 g/mol. The molecule has 30 heavy (non-hydrogen) atoms. The Kier molecular flexibility index (Phi) is 6.44. The third-order valence-corrected chi connectivity index (χ3v) is 4.34. The van der Waals surface area contributed by atoms with Crippen LogP contribution < -0.4 is 15.6 Å². The molecule has 1 N–H and O–H groups in total. The fourth-order valence-corrected chi connectivity index (χ4v) is 2.94. The highest BCUT2D eigenvalue weighted by Gasteiger charge is 2.23. The van der Waals surface area contributed by atoms with Crippen molar-refractivity contribution in [1.82, 2.24) is 9.88 Å². The quantitative estimate of drug-likeness (QED) is 0.786. The summed E-state index contributed by atoms with van der Waals surface area (Å²) >= 11 is 0. The van der Waals surface area contributed by atoms with Crippen LogP contribution in [-0.4, -0.2) is 41.2 Å². The number of nitrogens with one attached hydrogen (secondary N) is 1. The monoisotopic (exact) mass is 413 g/mol. The Hall–Kier alpha value is -3.29. The molecule has 1 aromatic heterocycles. The molecule has 3 rings (SSSR count). The number of amides is 1. The summed E-state index contributed by atoms with van der Waals surface area (Å²) in [4.78, 5) is 28.8. The Morgan fingerprint density at radius 1 is 1.27 bits per heavy atom. The van der Waals surface area contributed by atoms with Crippen LogP contribution >= 0.6 is 0 Å². The predicted molar refractivity (Wildman–Crippen MR) is 114 cm³/mol. The Bertz CT molecular complexity index is 991. The van der Waals surface area contributed by atoms with Crippen LogP contribution in [0.3, 0.4) is 0 Å². The molecule has 1 unspecified atom stereocenters. The lowest BCUT2D eigenvalue weighted by molar-refractivity contribution is 0.0472. The topological polar surface area (TPSA) is 91.2 Å². The van der Waals surface area contributed by atoms with Gasteiger partial charge in [-0.05, 0) is 32.9 Å². The van der Waals surface area contributed by atoms with E-state index in [4.69, 9.17) is 14.3 Å². The first-order valence-corrected chi connectivity index (χ1v) is 9.78. The normalized spacial score (nSPS) is 15.9. The van der Waals surface area contributed by atoms with Gasteiger partial charge < -0.3 is 24.2 Å². The highest BCUT2D eigenvalue weighted by Crippen LogP contribution is 2.29. The summed E-state index contributed by atoms with van der Waals surface area (Å²) in [5, 5.41) is 6.70. The zero-order valence-corrected chi connectivity index (χ0v) is 17.7. The van der Waals surface area contributed by atoms with Crippen LogP contribution in [0.4, 0.5) is 4.79 Å². The lowest BCUT2D eigenvalue weighted by Crippen LogP contribution is -2.35. The van der Waals surface area contributed by atoms with Crippen LogP contribution in [-0.2, 0) is 16.6 Å². The lowest BCUT2D eigenvalue weighted by Gasteiger charge is -2.19. The van der Waals surface area contributed by atoms with Gasteiger partial charge in [0.15, 0.2) is 6.10 Å². The molecule has 0 saturated carbocycles. The Balaban J connectivity index is 1.53. The van der Waals surface area contributed by atoms with Gasteiger partial charge in [0.1, 0.15) is 18.0 Å². The van der Waals surface area contributed by atoms with Crippen LogP contribution in [0.2, 0.25) is 0 Å². The van der Waals surface area contributed by atoms with Gasteiger partial charge in [0.25, 0.3) is 0 Å². The Morgan fingerprint density at radius 2 is 2.03 bits per heavy atom. The molecule has 0 spiro atoms. The molecule has 8 nitrogen and oxygen atoms in total. The second-order valence-electron chi connectivity index (χ2n) is 8.12. The number of carbonyl (C=O) groups excluding carboxylic acids is 1. The minimum Gasteiger partial charge on any atom is -0.489 e. The van der Waals surface area contributed by atoms with E-state index in [0.29, 0.717) is 18.8 Å². The van der Waals surface area contributed by atoms with E-state index < -0.39 is 11.7 Å². The first-order valence-electron chi connectivity index (χ1n) is 9.78. The van der Waals surface area contributed by atoms with Gasteiger partial charge >= 0.3 is 6.09 Å². The van der Waals surface area contributed by atoms with E-state index in [1.54, 1.807) is 19.3 Å². The summed E-state index contributed by atoms with van der Waals surface area (Å²) in [5.74, 6) is 0.695. The van der Waals surface area contributed by atoms with Crippen molar-refractivity contribution in [2.24, 2.45) is 12.2 Å². The van der Waals surface area contributed by atoms with E-state index in [1.807, 2.05) is 45.0 Å². The van der Waals surface area contributed by atoms with Gasteiger partial charge in [0, 0.05) is 36.9 Å². The van der Waals surface area contributed by atoms with Gasteiger partial charge in [-0.25, -0.2) is 4.79 Å². The van der Waals surface area contributed by atoms with Gasteiger partial charge in [-0.1, -0.05) is 23.4 Å². The molecular formula is C22H27N3O5. The van der Waals surface area contributed by atoms with E-state index in [1.165, 1.54) is 10.6 Å². The molecule has 1 amide bonds. The molecule has 1 aromatic carbocycles. The number of aryl methyl sites for hydroxylation is 1. The Labute approximate surface area is 175 Å². The van der Waals surface area contributed by atoms with Crippen LogP contribution in [0.15, 0.2) is 52.5 Å². The first-order chi connectivity index (χ1) is 14.2. The van der Waals surface area contributed by atoms with E-state index in [2.05, 4.69) is 10.5 Å². The number of ether oxygens (including phenoxy) is 2. The lowest BCUT2D eigenvalue weighted by atomic mass is 10.1. The molecule has 0 saturated heterocycles. The predicted octanol–water partition coefficient (Wildman–Crippen LogP) is 3.10. The maximum absolute atomic E-state index is 11.7. The molecule has 0 bridgehead atoms. The van der Waals surface area contributed by atoms with Gasteiger partial charge in [-0.2, -0.15) is 0 Å². The van der Waals surface area contributed by atoms with Crippen LogP contribution in [0.25, 0.3) is 11.1 Å². The Morgan fingerprint density at radius 3 is 2.77 bits per heavy atom. The van der Waals surface area contributed by atoms with Crippen LogP contribution in [0, 0.1) is 0 Å². The van der Waals surface area contributed by atoms with Crippen LogP contribution in [0.5, 0.6) is 5.75 Å². The summed E-state index contributed by atoms with van der Waals surface area (Å²) in [5.41, 5.74) is 1.88. The van der Waals surface area contributed by atoms with E-state index >= 15 is 0 Å². The third-order valence-electron chi connectivity index (χ3n) is 4.34. The van der Waals surface area contributed by atoms with Crippen molar-refractivity contribution in [3.8, 4) is 16.9 Å². The van der Waals surface area contributed by atoms with Crippen molar-refractivity contribution in [1.29, 1.82) is 0 Å². The van der Waals surface area contributed by atoms with E-state index in [-0.39, 0.29) is 18.2 Å². The van der Waals surface area contributed by atoms with Crippen molar-refractivity contribution in [3.63, 3.8) is 0 Å². The number of benzene rings is 1. The van der Waals surface area contributed by atoms with E-state index in [9.17, 15) is 9.59 Å². The SMILES string of the molecule is Cn1cc(-c2ccccc2OCC2CC(CNC(=O)OC(C)(C)C)=NO2)ccc1=O. The highest BCUT2D eigenvalue weighted by molar-refractivity contribution is 5.89.